The molecule has 1 aromatic rings. The first-order valence-electron chi connectivity index (χ1n) is 4.46. The maximum Gasteiger partial charge on any atom is 0.167 e. The SMILES string of the molecule is COc1ccc(NCCCO)cc1F. The van der Waals surface area contributed by atoms with E-state index in [2.05, 4.69) is 5.32 Å². The fourth-order valence-electron chi connectivity index (χ4n) is 1.09. The molecule has 0 spiro atoms. The topological polar surface area (TPSA) is 41.5 Å². The molecule has 0 saturated carbocycles. The summed E-state index contributed by atoms with van der Waals surface area (Å²) in [6.07, 6.45) is 0.646. The van der Waals surface area contributed by atoms with E-state index in [1.807, 2.05) is 0 Å². The van der Waals surface area contributed by atoms with Crippen LogP contribution in [-0.4, -0.2) is 25.4 Å². The molecular formula is C10H14FNO2. The Morgan fingerprint density at radius 3 is 2.86 bits per heavy atom. The smallest absolute Gasteiger partial charge is 0.167 e. The number of aliphatic hydroxyl groups is 1. The summed E-state index contributed by atoms with van der Waals surface area (Å²) in [5, 5.41) is 11.5. The lowest BCUT2D eigenvalue weighted by Gasteiger charge is -2.07. The summed E-state index contributed by atoms with van der Waals surface area (Å²) in [7, 11) is 1.43. The van der Waals surface area contributed by atoms with E-state index < -0.39 is 0 Å². The minimum absolute atomic E-state index is 0.131. The van der Waals surface area contributed by atoms with Gasteiger partial charge < -0.3 is 15.2 Å². The Bertz CT molecular complexity index is 291. The number of hydrogen-bond acceptors (Lipinski definition) is 3. The molecule has 4 heteroatoms. The van der Waals surface area contributed by atoms with E-state index >= 15 is 0 Å². The van der Waals surface area contributed by atoms with E-state index in [4.69, 9.17) is 9.84 Å². The van der Waals surface area contributed by atoms with Crippen LogP contribution in [0, 0.1) is 5.82 Å². The van der Waals surface area contributed by atoms with E-state index in [0.29, 0.717) is 18.7 Å². The van der Waals surface area contributed by atoms with Crippen LogP contribution in [0.25, 0.3) is 0 Å². The molecule has 0 aliphatic heterocycles. The third-order valence-electron chi connectivity index (χ3n) is 1.82. The molecule has 78 valence electrons. The van der Waals surface area contributed by atoms with Crippen LogP contribution in [0.2, 0.25) is 0 Å². The van der Waals surface area contributed by atoms with Crippen LogP contribution >= 0.6 is 0 Å². The second kappa shape index (κ2) is 5.44. The van der Waals surface area contributed by atoms with Gasteiger partial charge in [-0.15, -0.1) is 0 Å². The van der Waals surface area contributed by atoms with Crippen LogP contribution in [-0.2, 0) is 0 Å². The standard InChI is InChI=1S/C10H14FNO2/c1-14-10-4-3-8(7-9(10)11)12-5-2-6-13/h3-4,7,12-13H,2,5-6H2,1H3. The average molecular weight is 199 g/mol. The Morgan fingerprint density at radius 2 is 2.29 bits per heavy atom. The van der Waals surface area contributed by atoms with E-state index in [0.717, 1.165) is 0 Å². The molecule has 0 amide bonds. The number of methoxy groups -OCH3 is 1. The molecule has 0 aliphatic carbocycles. The Hall–Kier alpha value is -1.29. The largest absolute Gasteiger partial charge is 0.494 e. The van der Waals surface area contributed by atoms with Crippen LogP contribution in [0.15, 0.2) is 18.2 Å². The van der Waals surface area contributed by atoms with Gasteiger partial charge in [-0.2, -0.15) is 0 Å². The average Bonchev–Trinajstić information content (AvgIpc) is 2.18. The molecule has 2 N–H and O–H groups in total. The minimum Gasteiger partial charge on any atom is -0.494 e. The van der Waals surface area contributed by atoms with Gasteiger partial charge in [0.2, 0.25) is 0 Å². The van der Waals surface area contributed by atoms with Crippen molar-refractivity contribution in [2.45, 2.75) is 6.42 Å². The highest BCUT2D eigenvalue weighted by atomic mass is 19.1. The molecule has 0 radical (unpaired) electrons. The number of aliphatic hydroxyl groups excluding tert-OH is 1. The van der Waals surface area contributed by atoms with Crippen molar-refractivity contribution in [1.29, 1.82) is 0 Å². The van der Waals surface area contributed by atoms with Crippen molar-refractivity contribution in [3.8, 4) is 5.75 Å². The fourth-order valence-corrected chi connectivity index (χ4v) is 1.09. The highest BCUT2D eigenvalue weighted by Gasteiger charge is 2.02. The Balaban J connectivity index is 2.57. The molecule has 0 unspecified atom stereocenters. The Labute approximate surface area is 82.5 Å². The van der Waals surface area contributed by atoms with Crippen LogP contribution in [0.4, 0.5) is 10.1 Å². The third kappa shape index (κ3) is 2.88. The second-order valence-corrected chi connectivity index (χ2v) is 2.85. The van der Waals surface area contributed by atoms with Crippen molar-refractivity contribution in [3.63, 3.8) is 0 Å². The number of benzene rings is 1. The van der Waals surface area contributed by atoms with E-state index in [1.54, 1.807) is 12.1 Å². The van der Waals surface area contributed by atoms with Gasteiger partial charge in [0.25, 0.3) is 0 Å². The Kier molecular flexibility index (Phi) is 4.19. The first kappa shape index (κ1) is 10.8. The van der Waals surface area contributed by atoms with Crippen LogP contribution < -0.4 is 10.1 Å². The van der Waals surface area contributed by atoms with Crippen LogP contribution in [0.3, 0.4) is 0 Å². The summed E-state index contributed by atoms with van der Waals surface area (Å²) in [5.74, 6) is -0.154. The predicted molar refractivity (Wildman–Crippen MR) is 53.1 cm³/mol. The molecule has 14 heavy (non-hydrogen) atoms. The van der Waals surface area contributed by atoms with E-state index in [1.165, 1.54) is 13.2 Å². The van der Waals surface area contributed by atoms with Crippen molar-refractivity contribution < 1.29 is 14.2 Å². The molecule has 0 aliphatic rings. The molecule has 0 atom stereocenters. The molecule has 3 nitrogen and oxygen atoms in total. The second-order valence-electron chi connectivity index (χ2n) is 2.85. The summed E-state index contributed by atoms with van der Waals surface area (Å²) >= 11 is 0. The third-order valence-corrected chi connectivity index (χ3v) is 1.82. The molecule has 0 aromatic heterocycles. The highest BCUT2D eigenvalue weighted by Crippen LogP contribution is 2.20. The lowest BCUT2D eigenvalue weighted by atomic mass is 10.3. The summed E-state index contributed by atoms with van der Waals surface area (Å²) in [6, 6.07) is 4.67. The van der Waals surface area contributed by atoms with Gasteiger partial charge >= 0.3 is 0 Å². The first-order chi connectivity index (χ1) is 6.77. The van der Waals surface area contributed by atoms with Crippen molar-refractivity contribution in [2.24, 2.45) is 0 Å². The summed E-state index contributed by atoms with van der Waals surface area (Å²) in [4.78, 5) is 0. The first-order valence-corrected chi connectivity index (χ1v) is 4.46. The Morgan fingerprint density at radius 1 is 1.50 bits per heavy atom. The quantitative estimate of drug-likeness (QED) is 0.708. The van der Waals surface area contributed by atoms with Crippen molar-refractivity contribution in [2.75, 3.05) is 25.6 Å². The highest BCUT2D eigenvalue weighted by molar-refractivity contribution is 5.47. The maximum absolute atomic E-state index is 13.1. The van der Waals surface area contributed by atoms with Crippen molar-refractivity contribution in [3.05, 3.63) is 24.0 Å². The molecule has 1 aromatic carbocycles. The lowest BCUT2D eigenvalue weighted by Crippen LogP contribution is -2.03. The van der Waals surface area contributed by atoms with Crippen molar-refractivity contribution in [1.82, 2.24) is 0 Å². The fraction of sp³-hybridized carbons (Fsp3) is 0.400. The van der Waals surface area contributed by atoms with Gasteiger partial charge in [-0.25, -0.2) is 4.39 Å². The maximum atomic E-state index is 13.1. The number of anilines is 1. The van der Waals surface area contributed by atoms with E-state index in [-0.39, 0.29) is 18.2 Å². The van der Waals surface area contributed by atoms with Gasteiger partial charge in [0.05, 0.1) is 7.11 Å². The summed E-state index contributed by atoms with van der Waals surface area (Å²) in [5.41, 5.74) is 0.691. The van der Waals surface area contributed by atoms with Gasteiger partial charge in [0.15, 0.2) is 11.6 Å². The number of rotatable bonds is 5. The molecule has 0 fully saturated rings. The van der Waals surface area contributed by atoms with Crippen LogP contribution in [0.5, 0.6) is 5.75 Å². The predicted octanol–water partition coefficient (Wildman–Crippen LogP) is 1.63. The monoisotopic (exact) mass is 199 g/mol. The van der Waals surface area contributed by atoms with Gasteiger partial charge in [-0.3, -0.25) is 0 Å². The number of hydrogen-bond donors (Lipinski definition) is 2. The van der Waals surface area contributed by atoms with Gasteiger partial charge in [0.1, 0.15) is 0 Å². The molecule has 0 heterocycles. The minimum atomic E-state index is -0.388. The zero-order chi connectivity index (χ0) is 10.4. The zero-order valence-corrected chi connectivity index (χ0v) is 8.09. The zero-order valence-electron chi connectivity index (χ0n) is 8.09. The van der Waals surface area contributed by atoms with Gasteiger partial charge in [-0.1, -0.05) is 0 Å². The van der Waals surface area contributed by atoms with E-state index in [9.17, 15) is 4.39 Å². The lowest BCUT2D eigenvalue weighted by molar-refractivity contribution is 0.292. The molecular weight excluding hydrogens is 185 g/mol. The number of halogens is 1. The summed E-state index contributed by atoms with van der Waals surface area (Å²) in [6.45, 7) is 0.758. The van der Waals surface area contributed by atoms with Gasteiger partial charge in [0, 0.05) is 24.9 Å². The van der Waals surface area contributed by atoms with Crippen LogP contribution in [0.1, 0.15) is 6.42 Å². The summed E-state index contributed by atoms with van der Waals surface area (Å²) < 4.78 is 17.9. The normalized spacial score (nSPS) is 9.93. The molecule has 0 bridgehead atoms. The number of nitrogens with one attached hydrogen (secondary N) is 1. The molecule has 0 saturated heterocycles. The molecule has 1 rings (SSSR count). The number of ether oxygens (including phenoxy) is 1. The van der Waals surface area contributed by atoms with Gasteiger partial charge in [-0.05, 0) is 18.6 Å². The van der Waals surface area contributed by atoms with Crippen molar-refractivity contribution >= 4 is 5.69 Å².